The van der Waals surface area contributed by atoms with E-state index in [4.69, 9.17) is 10.5 Å². The molecule has 1 aliphatic carbocycles. The Morgan fingerprint density at radius 1 is 1.67 bits per heavy atom. The average molecular weight is 209 g/mol. The maximum Gasteiger partial charge on any atom is 0.160 e. The predicted molar refractivity (Wildman–Crippen MR) is 59.0 cm³/mol. The summed E-state index contributed by atoms with van der Waals surface area (Å²) in [5, 5.41) is 4.43. The van der Waals surface area contributed by atoms with Crippen molar-refractivity contribution in [1.82, 2.24) is 9.78 Å². The molecule has 0 bridgehead atoms. The van der Waals surface area contributed by atoms with E-state index < -0.39 is 0 Å². The van der Waals surface area contributed by atoms with Crippen LogP contribution in [0.4, 0.5) is 0 Å². The van der Waals surface area contributed by atoms with Gasteiger partial charge in [-0.25, -0.2) is 0 Å². The molecule has 0 aromatic carbocycles. The number of ether oxygens (including phenoxy) is 1. The molecular formula is C11H19N3O. The first kappa shape index (κ1) is 10.5. The van der Waals surface area contributed by atoms with Crippen LogP contribution >= 0.6 is 0 Å². The summed E-state index contributed by atoms with van der Waals surface area (Å²) in [4.78, 5) is 0. The third-order valence-corrected chi connectivity index (χ3v) is 2.62. The van der Waals surface area contributed by atoms with E-state index in [9.17, 15) is 0 Å². The molecule has 84 valence electrons. The van der Waals surface area contributed by atoms with E-state index in [2.05, 4.69) is 5.10 Å². The Hall–Kier alpha value is -1.03. The van der Waals surface area contributed by atoms with Gasteiger partial charge in [-0.15, -0.1) is 0 Å². The number of hydrogen-bond donors (Lipinski definition) is 1. The van der Waals surface area contributed by atoms with Crippen LogP contribution in [0.1, 0.15) is 37.9 Å². The van der Waals surface area contributed by atoms with Crippen LogP contribution in [0.15, 0.2) is 6.20 Å². The Morgan fingerprint density at radius 3 is 3.00 bits per heavy atom. The molecule has 0 unspecified atom stereocenters. The molecule has 1 aromatic rings. The van der Waals surface area contributed by atoms with E-state index in [-0.39, 0.29) is 6.04 Å². The van der Waals surface area contributed by atoms with Crippen LogP contribution in [0, 0.1) is 6.92 Å². The highest BCUT2D eigenvalue weighted by Crippen LogP contribution is 2.35. The van der Waals surface area contributed by atoms with Gasteiger partial charge >= 0.3 is 0 Å². The summed E-state index contributed by atoms with van der Waals surface area (Å²) >= 11 is 0. The topological polar surface area (TPSA) is 53.1 Å². The second kappa shape index (κ2) is 4.23. The summed E-state index contributed by atoms with van der Waals surface area (Å²) in [5.74, 6) is 0.905. The number of nitrogens with zero attached hydrogens (tertiary/aromatic N) is 2. The second-order valence-electron chi connectivity index (χ2n) is 4.40. The van der Waals surface area contributed by atoms with Gasteiger partial charge in [0.2, 0.25) is 0 Å². The number of aromatic nitrogens is 2. The standard InChI is InChI=1S/C11H19N3O/c1-8(12)5-6-15-11-7-14(10-3-4-10)13-9(11)2/h7-8,10H,3-6,12H2,1-2H3/t8-/m0/s1. The van der Waals surface area contributed by atoms with Crippen molar-refractivity contribution in [2.45, 2.75) is 45.2 Å². The SMILES string of the molecule is Cc1nn(C2CC2)cc1OCC[C@H](C)N. The van der Waals surface area contributed by atoms with Gasteiger partial charge in [0, 0.05) is 6.04 Å². The van der Waals surface area contributed by atoms with Gasteiger partial charge in [-0.2, -0.15) is 5.10 Å². The minimum atomic E-state index is 0.198. The molecule has 1 fully saturated rings. The van der Waals surface area contributed by atoms with Gasteiger partial charge in [0.05, 0.1) is 18.8 Å². The third kappa shape index (κ3) is 2.72. The molecule has 4 nitrogen and oxygen atoms in total. The fourth-order valence-electron chi connectivity index (χ4n) is 1.49. The molecule has 1 saturated carbocycles. The molecule has 0 aliphatic heterocycles. The van der Waals surface area contributed by atoms with Gasteiger partial charge in [0.15, 0.2) is 5.75 Å². The first-order valence-corrected chi connectivity index (χ1v) is 5.61. The number of aryl methyl sites for hydroxylation is 1. The molecule has 2 N–H and O–H groups in total. The molecule has 0 radical (unpaired) electrons. The summed E-state index contributed by atoms with van der Waals surface area (Å²) in [6.45, 7) is 4.65. The first-order valence-electron chi connectivity index (χ1n) is 5.61. The summed E-state index contributed by atoms with van der Waals surface area (Å²) in [5.41, 5.74) is 6.64. The minimum Gasteiger partial charge on any atom is -0.490 e. The largest absolute Gasteiger partial charge is 0.490 e. The fraction of sp³-hybridized carbons (Fsp3) is 0.727. The Kier molecular flexibility index (Phi) is 2.95. The van der Waals surface area contributed by atoms with Crippen LogP contribution in [0.3, 0.4) is 0 Å². The normalized spacial score (nSPS) is 17.8. The lowest BCUT2D eigenvalue weighted by Crippen LogP contribution is -2.18. The fourth-order valence-corrected chi connectivity index (χ4v) is 1.49. The maximum absolute atomic E-state index is 5.66. The predicted octanol–water partition coefficient (Wildman–Crippen LogP) is 1.64. The van der Waals surface area contributed by atoms with Crippen LogP contribution in [0.25, 0.3) is 0 Å². The summed E-state index contributed by atoms with van der Waals surface area (Å²) in [6.07, 6.45) is 5.39. The second-order valence-corrected chi connectivity index (χ2v) is 4.40. The van der Waals surface area contributed by atoms with E-state index in [1.807, 2.05) is 24.7 Å². The molecule has 4 heteroatoms. The van der Waals surface area contributed by atoms with E-state index in [0.29, 0.717) is 12.6 Å². The Balaban J connectivity index is 1.89. The number of hydrogen-bond acceptors (Lipinski definition) is 3. The highest BCUT2D eigenvalue weighted by Gasteiger charge is 2.25. The molecule has 15 heavy (non-hydrogen) atoms. The lowest BCUT2D eigenvalue weighted by Gasteiger charge is -2.06. The van der Waals surface area contributed by atoms with Crippen molar-refractivity contribution in [2.24, 2.45) is 5.73 Å². The smallest absolute Gasteiger partial charge is 0.160 e. The van der Waals surface area contributed by atoms with Gasteiger partial charge < -0.3 is 10.5 Å². The van der Waals surface area contributed by atoms with Crippen molar-refractivity contribution >= 4 is 0 Å². The average Bonchev–Trinajstić information content (AvgIpc) is 2.93. The Morgan fingerprint density at radius 2 is 2.40 bits per heavy atom. The maximum atomic E-state index is 5.66. The van der Waals surface area contributed by atoms with Crippen molar-refractivity contribution in [3.63, 3.8) is 0 Å². The zero-order chi connectivity index (χ0) is 10.8. The van der Waals surface area contributed by atoms with Crippen molar-refractivity contribution in [3.05, 3.63) is 11.9 Å². The number of rotatable bonds is 5. The monoisotopic (exact) mass is 209 g/mol. The van der Waals surface area contributed by atoms with Gasteiger partial charge in [0.25, 0.3) is 0 Å². The molecule has 1 aromatic heterocycles. The van der Waals surface area contributed by atoms with Crippen molar-refractivity contribution in [2.75, 3.05) is 6.61 Å². The van der Waals surface area contributed by atoms with Crippen LogP contribution < -0.4 is 10.5 Å². The Labute approximate surface area is 90.4 Å². The van der Waals surface area contributed by atoms with Crippen molar-refractivity contribution < 1.29 is 4.74 Å². The first-order chi connectivity index (χ1) is 7.16. The highest BCUT2D eigenvalue weighted by atomic mass is 16.5. The summed E-state index contributed by atoms with van der Waals surface area (Å²) in [7, 11) is 0. The highest BCUT2D eigenvalue weighted by molar-refractivity contribution is 5.23. The number of nitrogens with two attached hydrogens (primary N) is 1. The van der Waals surface area contributed by atoms with E-state index in [1.165, 1.54) is 12.8 Å². The lowest BCUT2D eigenvalue weighted by molar-refractivity contribution is 0.299. The van der Waals surface area contributed by atoms with Gasteiger partial charge in [0.1, 0.15) is 5.69 Å². The molecule has 1 atom stereocenters. The summed E-state index contributed by atoms with van der Waals surface area (Å²) in [6, 6.07) is 0.818. The van der Waals surface area contributed by atoms with Gasteiger partial charge in [-0.1, -0.05) is 0 Å². The zero-order valence-corrected chi connectivity index (χ0v) is 9.44. The molecule has 1 heterocycles. The van der Waals surface area contributed by atoms with Crippen LogP contribution in [0.2, 0.25) is 0 Å². The molecule has 0 saturated heterocycles. The van der Waals surface area contributed by atoms with Crippen LogP contribution in [0.5, 0.6) is 5.75 Å². The van der Waals surface area contributed by atoms with E-state index in [0.717, 1.165) is 17.9 Å². The molecule has 2 rings (SSSR count). The third-order valence-electron chi connectivity index (χ3n) is 2.62. The lowest BCUT2D eigenvalue weighted by atomic mass is 10.3. The van der Waals surface area contributed by atoms with E-state index in [1.54, 1.807) is 0 Å². The van der Waals surface area contributed by atoms with Gasteiger partial charge in [-0.3, -0.25) is 4.68 Å². The van der Waals surface area contributed by atoms with Gasteiger partial charge in [-0.05, 0) is 33.1 Å². The van der Waals surface area contributed by atoms with Crippen LogP contribution in [-0.2, 0) is 0 Å². The quantitative estimate of drug-likeness (QED) is 0.802. The molecular weight excluding hydrogens is 190 g/mol. The van der Waals surface area contributed by atoms with Crippen LogP contribution in [-0.4, -0.2) is 22.4 Å². The Bertz CT molecular complexity index is 329. The zero-order valence-electron chi connectivity index (χ0n) is 9.44. The molecule has 1 aliphatic rings. The minimum absolute atomic E-state index is 0.198. The molecule has 0 spiro atoms. The molecule has 0 amide bonds. The van der Waals surface area contributed by atoms with Crippen molar-refractivity contribution in [3.8, 4) is 5.75 Å². The van der Waals surface area contributed by atoms with Crippen molar-refractivity contribution in [1.29, 1.82) is 0 Å². The van der Waals surface area contributed by atoms with E-state index >= 15 is 0 Å². The summed E-state index contributed by atoms with van der Waals surface area (Å²) < 4.78 is 7.67.